The number of carbonyl (C=O) groups excluding carboxylic acids is 1. The van der Waals surface area contributed by atoms with Gasteiger partial charge >= 0.3 is 0 Å². The summed E-state index contributed by atoms with van der Waals surface area (Å²) in [6.07, 6.45) is 3.53. The van der Waals surface area contributed by atoms with Crippen molar-refractivity contribution in [1.29, 1.82) is 0 Å². The van der Waals surface area contributed by atoms with Crippen LogP contribution in [0.5, 0.6) is 0 Å². The lowest BCUT2D eigenvalue weighted by Crippen LogP contribution is -2.42. The van der Waals surface area contributed by atoms with E-state index in [4.69, 9.17) is 4.42 Å². The molecule has 0 spiro atoms. The van der Waals surface area contributed by atoms with Crippen molar-refractivity contribution in [2.24, 2.45) is 0 Å². The van der Waals surface area contributed by atoms with Crippen LogP contribution in [0, 0.1) is 6.92 Å². The molecular formula is C11H16N2O2. The van der Waals surface area contributed by atoms with Crippen LogP contribution in [0.2, 0.25) is 0 Å². The molecule has 0 aromatic carbocycles. The Labute approximate surface area is 89.0 Å². The summed E-state index contributed by atoms with van der Waals surface area (Å²) in [4.78, 5) is 11.8. The molecular weight excluding hydrogens is 192 g/mol. The van der Waals surface area contributed by atoms with Gasteiger partial charge in [-0.1, -0.05) is 0 Å². The lowest BCUT2D eigenvalue weighted by atomic mass is 10.1. The largest absolute Gasteiger partial charge is 0.459 e. The first-order chi connectivity index (χ1) is 7.27. The van der Waals surface area contributed by atoms with Crippen LogP contribution in [0.15, 0.2) is 16.7 Å². The number of furan rings is 1. The Hall–Kier alpha value is -1.29. The van der Waals surface area contributed by atoms with Gasteiger partial charge in [0.15, 0.2) is 5.76 Å². The Morgan fingerprint density at radius 1 is 1.53 bits per heavy atom. The van der Waals surface area contributed by atoms with Gasteiger partial charge in [0.1, 0.15) is 0 Å². The molecule has 82 valence electrons. The summed E-state index contributed by atoms with van der Waals surface area (Å²) in [6, 6.07) is 2.08. The Bertz CT molecular complexity index is 340. The van der Waals surface area contributed by atoms with Crippen molar-refractivity contribution in [2.75, 3.05) is 13.1 Å². The molecule has 2 N–H and O–H groups in total. The van der Waals surface area contributed by atoms with E-state index < -0.39 is 0 Å². The SMILES string of the molecule is Cc1ccoc1C(=O)NC1CCNCC1. The van der Waals surface area contributed by atoms with E-state index in [9.17, 15) is 4.79 Å². The number of hydrogen-bond donors (Lipinski definition) is 2. The van der Waals surface area contributed by atoms with Gasteiger partial charge in [-0.05, 0) is 38.9 Å². The number of piperidine rings is 1. The van der Waals surface area contributed by atoms with Crippen LogP contribution < -0.4 is 10.6 Å². The Morgan fingerprint density at radius 2 is 2.27 bits per heavy atom. The standard InChI is InChI=1S/C11H16N2O2/c1-8-4-7-15-10(8)11(14)13-9-2-5-12-6-3-9/h4,7,9,12H,2-3,5-6H2,1H3,(H,13,14). The highest BCUT2D eigenvalue weighted by molar-refractivity contribution is 5.92. The average Bonchev–Trinajstić information content (AvgIpc) is 2.66. The number of amides is 1. The zero-order valence-electron chi connectivity index (χ0n) is 8.88. The Morgan fingerprint density at radius 3 is 2.87 bits per heavy atom. The number of aryl methyl sites for hydroxylation is 1. The number of carbonyl (C=O) groups is 1. The first-order valence-corrected chi connectivity index (χ1v) is 5.33. The van der Waals surface area contributed by atoms with E-state index in [2.05, 4.69) is 10.6 Å². The maximum Gasteiger partial charge on any atom is 0.287 e. The third-order valence-corrected chi connectivity index (χ3v) is 2.74. The molecule has 4 heteroatoms. The van der Waals surface area contributed by atoms with E-state index in [-0.39, 0.29) is 11.9 Å². The van der Waals surface area contributed by atoms with E-state index in [1.165, 1.54) is 0 Å². The Balaban J connectivity index is 1.94. The first kappa shape index (κ1) is 10.2. The normalized spacial score (nSPS) is 17.7. The molecule has 1 aliphatic rings. The molecule has 0 radical (unpaired) electrons. The molecule has 1 aromatic heterocycles. The Kier molecular flexibility index (Phi) is 3.06. The van der Waals surface area contributed by atoms with Crippen LogP contribution in [0.4, 0.5) is 0 Å². The van der Waals surface area contributed by atoms with Crippen molar-refractivity contribution in [3.8, 4) is 0 Å². The predicted octanol–water partition coefficient (Wildman–Crippen LogP) is 1.07. The molecule has 1 fully saturated rings. The maximum absolute atomic E-state index is 11.8. The quantitative estimate of drug-likeness (QED) is 0.764. The number of hydrogen-bond acceptors (Lipinski definition) is 3. The van der Waals surface area contributed by atoms with Gasteiger partial charge in [0.2, 0.25) is 0 Å². The summed E-state index contributed by atoms with van der Waals surface area (Å²) in [5, 5.41) is 6.25. The molecule has 2 rings (SSSR count). The van der Waals surface area contributed by atoms with Gasteiger partial charge < -0.3 is 15.1 Å². The highest BCUT2D eigenvalue weighted by Gasteiger charge is 2.19. The van der Waals surface area contributed by atoms with Crippen LogP contribution in [-0.2, 0) is 0 Å². The predicted molar refractivity (Wildman–Crippen MR) is 56.8 cm³/mol. The molecule has 1 aliphatic heterocycles. The van der Waals surface area contributed by atoms with Crippen molar-refractivity contribution in [3.05, 3.63) is 23.7 Å². The van der Waals surface area contributed by atoms with Crippen LogP contribution in [0.1, 0.15) is 29.0 Å². The van der Waals surface area contributed by atoms with Gasteiger partial charge in [0.25, 0.3) is 5.91 Å². The molecule has 0 saturated carbocycles. The van der Waals surface area contributed by atoms with E-state index in [0.29, 0.717) is 5.76 Å². The second kappa shape index (κ2) is 4.49. The lowest BCUT2D eigenvalue weighted by Gasteiger charge is -2.23. The molecule has 1 saturated heterocycles. The van der Waals surface area contributed by atoms with Crippen molar-refractivity contribution < 1.29 is 9.21 Å². The van der Waals surface area contributed by atoms with Gasteiger partial charge in [0.05, 0.1) is 6.26 Å². The smallest absolute Gasteiger partial charge is 0.287 e. The highest BCUT2D eigenvalue weighted by Crippen LogP contribution is 2.10. The monoisotopic (exact) mass is 208 g/mol. The van der Waals surface area contributed by atoms with E-state index >= 15 is 0 Å². The van der Waals surface area contributed by atoms with Gasteiger partial charge in [-0.25, -0.2) is 0 Å². The zero-order valence-corrected chi connectivity index (χ0v) is 8.88. The molecule has 0 bridgehead atoms. The van der Waals surface area contributed by atoms with Gasteiger partial charge in [-0.2, -0.15) is 0 Å². The minimum absolute atomic E-state index is 0.0931. The summed E-state index contributed by atoms with van der Waals surface area (Å²) < 4.78 is 5.14. The average molecular weight is 208 g/mol. The molecule has 4 nitrogen and oxygen atoms in total. The second-order valence-electron chi connectivity index (χ2n) is 3.93. The van der Waals surface area contributed by atoms with Crippen molar-refractivity contribution >= 4 is 5.91 Å². The molecule has 2 heterocycles. The van der Waals surface area contributed by atoms with Crippen molar-refractivity contribution in [3.63, 3.8) is 0 Å². The summed E-state index contributed by atoms with van der Waals surface area (Å²) in [7, 11) is 0. The number of nitrogens with one attached hydrogen (secondary N) is 2. The minimum atomic E-state index is -0.0931. The number of rotatable bonds is 2. The van der Waals surface area contributed by atoms with Gasteiger partial charge in [0, 0.05) is 11.6 Å². The van der Waals surface area contributed by atoms with Crippen LogP contribution >= 0.6 is 0 Å². The highest BCUT2D eigenvalue weighted by atomic mass is 16.3. The maximum atomic E-state index is 11.8. The third-order valence-electron chi connectivity index (χ3n) is 2.74. The van der Waals surface area contributed by atoms with Crippen LogP contribution in [0.3, 0.4) is 0 Å². The fraction of sp³-hybridized carbons (Fsp3) is 0.545. The van der Waals surface area contributed by atoms with E-state index in [1.54, 1.807) is 12.3 Å². The summed E-state index contributed by atoms with van der Waals surface area (Å²) in [5.74, 6) is 0.345. The molecule has 1 amide bonds. The summed E-state index contributed by atoms with van der Waals surface area (Å²) in [5.41, 5.74) is 0.890. The molecule has 15 heavy (non-hydrogen) atoms. The van der Waals surface area contributed by atoms with E-state index in [0.717, 1.165) is 31.5 Å². The molecule has 0 aliphatic carbocycles. The van der Waals surface area contributed by atoms with Crippen LogP contribution in [-0.4, -0.2) is 25.0 Å². The minimum Gasteiger partial charge on any atom is -0.459 e. The van der Waals surface area contributed by atoms with Crippen molar-refractivity contribution in [1.82, 2.24) is 10.6 Å². The fourth-order valence-electron chi connectivity index (χ4n) is 1.82. The van der Waals surface area contributed by atoms with E-state index in [1.807, 2.05) is 6.92 Å². The summed E-state index contributed by atoms with van der Waals surface area (Å²) in [6.45, 7) is 3.82. The topological polar surface area (TPSA) is 54.3 Å². The van der Waals surface area contributed by atoms with Crippen LogP contribution in [0.25, 0.3) is 0 Å². The summed E-state index contributed by atoms with van der Waals surface area (Å²) >= 11 is 0. The lowest BCUT2D eigenvalue weighted by molar-refractivity contribution is 0.0900. The van der Waals surface area contributed by atoms with Gasteiger partial charge in [-0.3, -0.25) is 4.79 Å². The van der Waals surface area contributed by atoms with Crippen molar-refractivity contribution in [2.45, 2.75) is 25.8 Å². The fourth-order valence-corrected chi connectivity index (χ4v) is 1.82. The molecule has 0 atom stereocenters. The van der Waals surface area contributed by atoms with Gasteiger partial charge in [-0.15, -0.1) is 0 Å². The second-order valence-corrected chi connectivity index (χ2v) is 3.93. The third kappa shape index (κ3) is 2.39. The molecule has 1 aromatic rings. The molecule has 0 unspecified atom stereocenters. The first-order valence-electron chi connectivity index (χ1n) is 5.33. The zero-order chi connectivity index (χ0) is 10.7.